The molecule has 0 atom stereocenters. The first-order chi connectivity index (χ1) is 13.7. The average molecular weight is 370 g/mol. The quantitative estimate of drug-likeness (QED) is 0.459. The molecule has 4 aromatic rings. The zero-order valence-electron chi connectivity index (χ0n) is 15.2. The van der Waals surface area contributed by atoms with E-state index in [0.29, 0.717) is 29.8 Å². The van der Waals surface area contributed by atoms with Crippen LogP contribution in [0, 0.1) is 5.82 Å². The van der Waals surface area contributed by atoms with E-state index in [9.17, 15) is 9.18 Å². The standard InChI is InChI=1S/C24H19FN2O/c25-19-10-6-9-18(15-19)16-20(23(28)14-13-17-7-2-1-3-8-17)24-26-21-11-4-5-12-22(21)27-24/h1-12,15-16H,13-14H2,(H,26,27)/b20-16-. The number of nitrogens with one attached hydrogen (secondary N) is 1. The number of rotatable bonds is 6. The van der Waals surface area contributed by atoms with Crippen LogP contribution in [0.1, 0.15) is 23.4 Å². The van der Waals surface area contributed by atoms with Gasteiger partial charge in [-0.25, -0.2) is 9.37 Å². The fraction of sp³-hybridized carbons (Fsp3) is 0.0833. The number of allylic oxidation sites excluding steroid dienone is 1. The predicted molar refractivity (Wildman–Crippen MR) is 110 cm³/mol. The number of carbonyl (C=O) groups is 1. The molecule has 0 radical (unpaired) electrons. The van der Waals surface area contributed by atoms with Gasteiger partial charge in [-0.1, -0.05) is 54.6 Å². The number of imidazole rings is 1. The van der Waals surface area contributed by atoms with Crippen LogP contribution < -0.4 is 0 Å². The minimum absolute atomic E-state index is 0.0350. The van der Waals surface area contributed by atoms with E-state index >= 15 is 0 Å². The van der Waals surface area contributed by atoms with Gasteiger partial charge < -0.3 is 4.98 Å². The van der Waals surface area contributed by atoms with Gasteiger partial charge in [-0.05, 0) is 47.9 Å². The van der Waals surface area contributed by atoms with Gasteiger partial charge in [0.2, 0.25) is 0 Å². The third-order valence-corrected chi connectivity index (χ3v) is 4.59. The Hall–Kier alpha value is -3.53. The molecule has 0 saturated carbocycles. The van der Waals surface area contributed by atoms with Crippen LogP contribution in [-0.4, -0.2) is 15.8 Å². The van der Waals surface area contributed by atoms with Crippen molar-refractivity contribution in [2.45, 2.75) is 12.8 Å². The zero-order chi connectivity index (χ0) is 19.3. The third-order valence-electron chi connectivity index (χ3n) is 4.59. The number of nitrogens with zero attached hydrogens (tertiary/aromatic N) is 1. The Kier molecular flexibility index (Phi) is 5.11. The number of H-pyrrole nitrogens is 1. The Morgan fingerprint density at radius 3 is 2.54 bits per heavy atom. The molecule has 1 heterocycles. The minimum atomic E-state index is -0.338. The van der Waals surface area contributed by atoms with Crippen LogP contribution in [0.2, 0.25) is 0 Å². The molecule has 0 saturated heterocycles. The van der Waals surface area contributed by atoms with E-state index < -0.39 is 0 Å². The fourth-order valence-corrected chi connectivity index (χ4v) is 3.16. The molecular weight excluding hydrogens is 351 g/mol. The summed E-state index contributed by atoms with van der Waals surface area (Å²) in [5.41, 5.74) is 3.84. The van der Waals surface area contributed by atoms with E-state index in [1.54, 1.807) is 18.2 Å². The second-order valence-electron chi connectivity index (χ2n) is 6.62. The molecule has 28 heavy (non-hydrogen) atoms. The predicted octanol–water partition coefficient (Wildman–Crippen LogP) is 5.44. The first-order valence-corrected chi connectivity index (χ1v) is 9.18. The molecular formula is C24H19FN2O. The summed E-state index contributed by atoms with van der Waals surface area (Å²) in [5.74, 6) is 0.130. The van der Waals surface area contributed by atoms with Gasteiger partial charge in [0, 0.05) is 6.42 Å². The molecule has 3 nitrogen and oxygen atoms in total. The van der Waals surface area contributed by atoms with Gasteiger partial charge in [-0.2, -0.15) is 0 Å². The number of ketones is 1. The number of aromatic amines is 1. The van der Waals surface area contributed by atoms with Gasteiger partial charge in [0.15, 0.2) is 5.78 Å². The van der Waals surface area contributed by atoms with E-state index in [4.69, 9.17) is 0 Å². The Bertz CT molecular complexity index is 1110. The Morgan fingerprint density at radius 2 is 1.75 bits per heavy atom. The normalized spacial score (nSPS) is 11.7. The largest absolute Gasteiger partial charge is 0.338 e. The van der Waals surface area contributed by atoms with Crippen LogP contribution in [0.25, 0.3) is 22.7 Å². The van der Waals surface area contributed by atoms with Crippen LogP contribution >= 0.6 is 0 Å². The van der Waals surface area contributed by atoms with Crippen LogP contribution in [0.5, 0.6) is 0 Å². The lowest BCUT2D eigenvalue weighted by Gasteiger charge is -2.06. The number of aryl methyl sites for hydroxylation is 1. The van der Waals surface area contributed by atoms with Crippen molar-refractivity contribution >= 4 is 28.5 Å². The van der Waals surface area contributed by atoms with Crippen LogP contribution in [0.3, 0.4) is 0 Å². The summed E-state index contributed by atoms with van der Waals surface area (Å²) in [6, 6.07) is 23.7. The van der Waals surface area contributed by atoms with E-state index in [1.807, 2.05) is 54.6 Å². The topological polar surface area (TPSA) is 45.8 Å². The number of aromatic nitrogens is 2. The second-order valence-corrected chi connectivity index (χ2v) is 6.62. The maximum Gasteiger partial charge on any atom is 0.166 e. The number of para-hydroxylation sites is 2. The van der Waals surface area contributed by atoms with Crippen molar-refractivity contribution in [1.29, 1.82) is 0 Å². The summed E-state index contributed by atoms with van der Waals surface area (Å²) >= 11 is 0. The van der Waals surface area contributed by atoms with Crippen molar-refractivity contribution in [3.8, 4) is 0 Å². The Balaban J connectivity index is 1.69. The SMILES string of the molecule is O=C(CCc1ccccc1)/C(=C/c1cccc(F)c1)c1nc2ccccc2[nH]1. The third kappa shape index (κ3) is 4.07. The van der Waals surface area contributed by atoms with Gasteiger partial charge in [-0.3, -0.25) is 4.79 Å². The molecule has 0 bridgehead atoms. The van der Waals surface area contributed by atoms with E-state index in [1.165, 1.54) is 12.1 Å². The van der Waals surface area contributed by atoms with Crippen molar-refractivity contribution in [2.75, 3.05) is 0 Å². The van der Waals surface area contributed by atoms with Crippen molar-refractivity contribution < 1.29 is 9.18 Å². The molecule has 0 spiro atoms. The minimum Gasteiger partial charge on any atom is -0.338 e. The molecule has 0 fully saturated rings. The summed E-state index contributed by atoms with van der Waals surface area (Å²) < 4.78 is 13.6. The van der Waals surface area contributed by atoms with Crippen LogP contribution in [0.15, 0.2) is 78.9 Å². The highest BCUT2D eigenvalue weighted by molar-refractivity contribution is 6.24. The highest BCUT2D eigenvalue weighted by Gasteiger charge is 2.16. The van der Waals surface area contributed by atoms with Crippen molar-refractivity contribution in [1.82, 2.24) is 9.97 Å². The summed E-state index contributed by atoms with van der Waals surface area (Å²) in [5, 5.41) is 0. The summed E-state index contributed by atoms with van der Waals surface area (Å²) in [6.07, 6.45) is 2.69. The van der Waals surface area contributed by atoms with Gasteiger partial charge >= 0.3 is 0 Å². The number of fused-ring (bicyclic) bond motifs is 1. The van der Waals surface area contributed by atoms with Gasteiger partial charge in [0.1, 0.15) is 11.6 Å². The van der Waals surface area contributed by atoms with Crippen LogP contribution in [-0.2, 0) is 11.2 Å². The number of hydrogen-bond acceptors (Lipinski definition) is 2. The van der Waals surface area contributed by atoms with Gasteiger partial charge in [0.05, 0.1) is 16.6 Å². The first kappa shape index (κ1) is 17.9. The summed E-state index contributed by atoms with van der Waals surface area (Å²) in [4.78, 5) is 20.8. The summed E-state index contributed by atoms with van der Waals surface area (Å²) in [7, 11) is 0. The van der Waals surface area contributed by atoms with E-state index in [0.717, 1.165) is 16.6 Å². The highest BCUT2D eigenvalue weighted by atomic mass is 19.1. The second kappa shape index (κ2) is 8.01. The van der Waals surface area contributed by atoms with Crippen LogP contribution in [0.4, 0.5) is 4.39 Å². The monoisotopic (exact) mass is 370 g/mol. The molecule has 4 rings (SSSR count). The molecule has 0 unspecified atom stereocenters. The number of Topliss-reactive ketones (excluding diaryl/α,β-unsaturated/α-hetero) is 1. The highest BCUT2D eigenvalue weighted by Crippen LogP contribution is 2.22. The van der Waals surface area contributed by atoms with Gasteiger partial charge in [0.25, 0.3) is 0 Å². The molecule has 0 aliphatic carbocycles. The first-order valence-electron chi connectivity index (χ1n) is 9.18. The van der Waals surface area contributed by atoms with Gasteiger partial charge in [-0.15, -0.1) is 0 Å². The lowest BCUT2D eigenvalue weighted by Crippen LogP contribution is -2.05. The van der Waals surface area contributed by atoms with E-state index in [2.05, 4.69) is 9.97 Å². The fourth-order valence-electron chi connectivity index (χ4n) is 3.16. The zero-order valence-corrected chi connectivity index (χ0v) is 15.2. The smallest absolute Gasteiger partial charge is 0.166 e. The van der Waals surface area contributed by atoms with Crippen molar-refractivity contribution in [2.24, 2.45) is 0 Å². The lowest BCUT2D eigenvalue weighted by atomic mass is 10.0. The Morgan fingerprint density at radius 1 is 0.964 bits per heavy atom. The van der Waals surface area contributed by atoms with Crippen molar-refractivity contribution in [3.63, 3.8) is 0 Å². The number of hydrogen-bond donors (Lipinski definition) is 1. The molecule has 1 N–H and O–H groups in total. The molecule has 4 heteroatoms. The maximum absolute atomic E-state index is 13.6. The lowest BCUT2D eigenvalue weighted by molar-refractivity contribution is -0.113. The van der Waals surface area contributed by atoms with E-state index in [-0.39, 0.29) is 11.6 Å². The summed E-state index contributed by atoms with van der Waals surface area (Å²) in [6.45, 7) is 0. The molecule has 0 aliphatic heterocycles. The molecule has 138 valence electrons. The average Bonchev–Trinajstić information content (AvgIpc) is 3.15. The Labute approximate surface area is 162 Å². The molecule has 3 aromatic carbocycles. The number of carbonyl (C=O) groups excluding carboxylic acids is 1. The number of benzene rings is 3. The maximum atomic E-state index is 13.6. The molecule has 0 aliphatic rings. The van der Waals surface area contributed by atoms with Crippen molar-refractivity contribution in [3.05, 3.63) is 102 Å². The molecule has 1 aromatic heterocycles. The molecule has 0 amide bonds. The number of halogens is 1.